The second-order valence-corrected chi connectivity index (χ2v) is 8.14. The van der Waals surface area contributed by atoms with Gasteiger partial charge in [0.15, 0.2) is 0 Å². The lowest BCUT2D eigenvalue weighted by molar-refractivity contribution is 0.102. The van der Waals surface area contributed by atoms with Gasteiger partial charge in [0.1, 0.15) is 10.8 Å². The van der Waals surface area contributed by atoms with Crippen molar-refractivity contribution in [2.75, 3.05) is 10.0 Å². The van der Waals surface area contributed by atoms with Crippen LogP contribution in [0.3, 0.4) is 0 Å². The van der Waals surface area contributed by atoms with E-state index < -0.39 is 21.7 Å². The van der Waals surface area contributed by atoms with Gasteiger partial charge in [-0.3, -0.25) is 9.52 Å². The highest BCUT2D eigenvalue weighted by atomic mass is 32.2. The van der Waals surface area contributed by atoms with Gasteiger partial charge in [-0.1, -0.05) is 17.7 Å². The zero-order valence-electron chi connectivity index (χ0n) is 13.7. The molecule has 26 heavy (non-hydrogen) atoms. The van der Waals surface area contributed by atoms with Crippen LogP contribution >= 0.6 is 11.3 Å². The van der Waals surface area contributed by atoms with Crippen LogP contribution in [-0.4, -0.2) is 14.3 Å². The number of amides is 1. The van der Waals surface area contributed by atoms with Crippen molar-refractivity contribution >= 4 is 38.0 Å². The van der Waals surface area contributed by atoms with Gasteiger partial charge in [0.25, 0.3) is 15.9 Å². The number of rotatable bonds is 5. The molecule has 3 aromatic rings. The van der Waals surface area contributed by atoms with E-state index >= 15 is 0 Å². The van der Waals surface area contributed by atoms with Gasteiger partial charge in [-0.05, 0) is 54.8 Å². The first-order chi connectivity index (χ1) is 12.3. The van der Waals surface area contributed by atoms with Crippen molar-refractivity contribution < 1.29 is 17.6 Å². The Morgan fingerprint density at radius 1 is 1.00 bits per heavy atom. The van der Waals surface area contributed by atoms with Crippen LogP contribution in [-0.2, 0) is 10.0 Å². The van der Waals surface area contributed by atoms with Crippen molar-refractivity contribution in [3.63, 3.8) is 0 Å². The molecular weight excluding hydrogens is 375 g/mol. The number of nitrogens with one attached hydrogen (secondary N) is 2. The van der Waals surface area contributed by atoms with Gasteiger partial charge >= 0.3 is 0 Å². The Labute approximate surface area is 154 Å². The first-order valence-corrected chi connectivity index (χ1v) is 9.95. The largest absolute Gasteiger partial charge is 0.322 e. The van der Waals surface area contributed by atoms with Crippen LogP contribution in [0.1, 0.15) is 15.9 Å². The number of sulfonamides is 1. The quantitative estimate of drug-likeness (QED) is 0.684. The van der Waals surface area contributed by atoms with E-state index in [1.165, 1.54) is 42.5 Å². The minimum atomic E-state index is -3.80. The van der Waals surface area contributed by atoms with E-state index in [1.54, 1.807) is 17.5 Å². The van der Waals surface area contributed by atoms with Gasteiger partial charge < -0.3 is 5.32 Å². The maximum atomic E-state index is 12.9. The van der Waals surface area contributed by atoms with Crippen molar-refractivity contribution in [3.8, 4) is 0 Å². The summed E-state index contributed by atoms with van der Waals surface area (Å²) in [6.45, 7) is 1.86. The predicted octanol–water partition coefficient (Wildman–Crippen LogP) is 4.25. The maximum Gasteiger partial charge on any atom is 0.262 e. The number of anilines is 2. The molecule has 1 heterocycles. The van der Waals surface area contributed by atoms with Crippen molar-refractivity contribution in [2.24, 2.45) is 0 Å². The number of carbonyl (C=O) groups excluding carboxylic acids is 1. The molecule has 0 saturated heterocycles. The third-order valence-corrected chi connectivity index (χ3v) is 5.89. The van der Waals surface area contributed by atoms with Gasteiger partial charge in [-0.15, -0.1) is 11.3 Å². The molecule has 0 aliphatic heterocycles. The molecule has 5 nitrogen and oxygen atoms in total. The van der Waals surface area contributed by atoms with Crippen LogP contribution in [0.5, 0.6) is 0 Å². The minimum absolute atomic E-state index is 0.112. The van der Waals surface area contributed by atoms with E-state index in [9.17, 15) is 17.6 Å². The molecule has 0 unspecified atom stereocenters. The molecule has 3 rings (SSSR count). The number of hydrogen-bond donors (Lipinski definition) is 2. The topological polar surface area (TPSA) is 75.3 Å². The normalized spacial score (nSPS) is 11.2. The molecule has 0 spiro atoms. The second-order valence-electron chi connectivity index (χ2n) is 5.54. The molecule has 1 amide bonds. The Kier molecular flexibility index (Phi) is 5.06. The fourth-order valence-corrected chi connectivity index (χ4v) is 4.31. The Morgan fingerprint density at radius 2 is 1.65 bits per heavy atom. The monoisotopic (exact) mass is 390 g/mol. The standard InChI is InChI=1S/C18H15FN2O3S2/c1-12-2-8-15(9-3-12)26(23,24)21-18-16(10-11-25-18)17(22)20-14-6-4-13(19)5-7-14/h2-11,21H,1H3,(H,20,22). The fourth-order valence-electron chi connectivity index (χ4n) is 2.20. The van der Waals surface area contributed by atoms with E-state index in [-0.39, 0.29) is 15.5 Å². The molecule has 2 N–H and O–H groups in total. The molecule has 0 aliphatic carbocycles. The third kappa shape index (κ3) is 4.09. The number of carbonyl (C=O) groups is 1. The lowest BCUT2D eigenvalue weighted by atomic mass is 10.2. The van der Waals surface area contributed by atoms with Crippen LogP contribution in [0.25, 0.3) is 0 Å². The fraction of sp³-hybridized carbons (Fsp3) is 0.0556. The predicted molar refractivity (Wildman–Crippen MR) is 101 cm³/mol. The molecule has 2 aromatic carbocycles. The number of benzene rings is 2. The molecular formula is C18H15FN2O3S2. The summed E-state index contributed by atoms with van der Waals surface area (Å²) in [4.78, 5) is 12.5. The molecule has 0 radical (unpaired) electrons. The molecule has 0 bridgehead atoms. The summed E-state index contributed by atoms with van der Waals surface area (Å²) in [5.74, 6) is -0.899. The molecule has 134 valence electrons. The summed E-state index contributed by atoms with van der Waals surface area (Å²) in [6.07, 6.45) is 0. The minimum Gasteiger partial charge on any atom is -0.322 e. The highest BCUT2D eigenvalue weighted by Crippen LogP contribution is 2.27. The number of hydrogen-bond acceptors (Lipinski definition) is 4. The summed E-state index contributed by atoms with van der Waals surface area (Å²) in [5, 5.41) is 4.44. The maximum absolute atomic E-state index is 12.9. The van der Waals surface area contributed by atoms with Gasteiger partial charge in [-0.2, -0.15) is 0 Å². The summed E-state index contributed by atoms with van der Waals surface area (Å²) in [6, 6.07) is 13.2. The van der Waals surface area contributed by atoms with Crippen molar-refractivity contribution in [1.82, 2.24) is 0 Å². The van der Waals surface area contributed by atoms with Gasteiger partial charge in [-0.25, -0.2) is 12.8 Å². The molecule has 0 atom stereocenters. The van der Waals surface area contributed by atoms with Crippen LogP contribution in [0.2, 0.25) is 0 Å². The second kappa shape index (κ2) is 7.27. The summed E-state index contributed by atoms with van der Waals surface area (Å²) in [7, 11) is -3.80. The average molecular weight is 390 g/mol. The Morgan fingerprint density at radius 3 is 2.31 bits per heavy atom. The molecule has 8 heteroatoms. The molecule has 1 aromatic heterocycles. The number of aryl methyl sites for hydroxylation is 1. The highest BCUT2D eigenvalue weighted by Gasteiger charge is 2.20. The first kappa shape index (κ1) is 18.1. The van der Waals surface area contributed by atoms with Crippen LogP contribution in [0.4, 0.5) is 15.1 Å². The highest BCUT2D eigenvalue weighted by molar-refractivity contribution is 7.93. The zero-order chi connectivity index (χ0) is 18.7. The zero-order valence-corrected chi connectivity index (χ0v) is 15.3. The van der Waals surface area contributed by atoms with Crippen LogP contribution < -0.4 is 10.0 Å². The Hall–Kier alpha value is -2.71. The summed E-state index contributed by atoms with van der Waals surface area (Å²) < 4.78 is 40.4. The van der Waals surface area contributed by atoms with Crippen LogP contribution in [0.15, 0.2) is 64.9 Å². The first-order valence-electron chi connectivity index (χ1n) is 7.59. The van der Waals surface area contributed by atoms with Gasteiger partial charge in [0.2, 0.25) is 0 Å². The van der Waals surface area contributed by atoms with E-state index in [0.717, 1.165) is 16.9 Å². The molecule has 0 saturated carbocycles. The van der Waals surface area contributed by atoms with E-state index in [0.29, 0.717) is 5.69 Å². The SMILES string of the molecule is Cc1ccc(S(=O)(=O)Nc2sccc2C(=O)Nc2ccc(F)cc2)cc1. The molecule has 0 aliphatic rings. The van der Waals surface area contributed by atoms with E-state index in [2.05, 4.69) is 10.0 Å². The van der Waals surface area contributed by atoms with Crippen molar-refractivity contribution in [3.05, 3.63) is 76.9 Å². The lowest BCUT2D eigenvalue weighted by Crippen LogP contribution is -2.17. The number of halogens is 1. The van der Waals surface area contributed by atoms with Crippen LogP contribution in [0, 0.1) is 12.7 Å². The van der Waals surface area contributed by atoms with E-state index in [4.69, 9.17) is 0 Å². The lowest BCUT2D eigenvalue weighted by Gasteiger charge is -2.09. The number of thiophene rings is 1. The average Bonchev–Trinajstić information content (AvgIpc) is 3.05. The smallest absolute Gasteiger partial charge is 0.262 e. The van der Waals surface area contributed by atoms with Gasteiger partial charge in [0.05, 0.1) is 10.5 Å². The summed E-state index contributed by atoms with van der Waals surface area (Å²) >= 11 is 1.10. The van der Waals surface area contributed by atoms with E-state index in [1.807, 2.05) is 6.92 Å². The Bertz CT molecular complexity index is 1030. The third-order valence-electron chi connectivity index (χ3n) is 3.57. The van der Waals surface area contributed by atoms with Crippen molar-refractivity contribution in [1.29, 1.82) is 0 Å². The molecule has 0 fully saturated rings. The Balaban J connectivity index is 1.80. The summed E-state index contributed by atoms with van der Waals surface area (Å²) in [5.41, 5.74) is 1.55. The van der Waals surface area contributed by atoms with Gasteiger partial charge in [0, 0.05) is 5.69 Å². The van der Waals surface area contributed by atoms with Crippen molar-refractivity contribution in [2.45, 2.75) is 11.8 Å².